The summed E-state index contributed by atoms with van der Waals surface area (Å²) in [5, 5.41) is 10.3. The minimum absolute atomic E-state index is 1.04. The average molecular weight is 507 g/mol. The van der Waals surface area contributed by atoms with Crippen molar-refractivity contribution in [1.29, 1.82) is 0 Å². The van der Waals surface area contributed by atoms with Gasteiger partial charge in [0.15, 0.2) is 0 Å². The lowest BCUT2D eigenvalue weighted by Gasteiger charge is -2.22. The molecule has 198 valence electrons. The zero-order valence-corrected chi connectivity index (χ0v) is 23.3. The Balaban J connectivity index is 1.04. The van der Waals surface area contributed by atoms with E-state index in [0.717, 1.165) is 49.8 Å². The van der Waals surface area contributed by atoms with Crippen molar-refractivity contribution in [3.8, 4) is 0 Å². The van der Waals surface area contributed by atoms with Crippen molar-refractivity contribution in [1.82, 2.24) is 9.97 Å². The van der Waals surface area contributed by atoms with E-state index < -0.39 is 0 Å². The summed E-state index contributed by atoms with van der Waals surface area (Å²) in [4.78, 5) is 10.0. The fourth-order valence-electron chi connectivity index (χ4n) is 6.51. The van der Waals surface area contributed by atoms with Crippen LogP contribution in [-0.2, 0) is 25.7 Å². The van der Waals surface area contributed by atoms with Gasteiger partial charge in [-0.15, -0.1) is 0 Å². The first kappa shape index (κ1) is 25.2. The van der Waals surface area contributed by atoms with Crippen LogP contribution in [0, 0.1) is 13.8 Å². The number of fused-ring (bicyclic) bond motifs is 4. The number of anilines is 2. The van der Waals surface area contributed by atoms with Gasteiger partial charge in [0.1, 0.15) is 0 Å². The highest BCUT2D eigenvalue weighted by molar-refractivity contribution is 5.95. The maximum absolute atomic E-state index is 5.02. The Labute approximate surface area is 227 Å². The van der Waals surface area contributed by atoms with Crippen LogP contribution in [0.4, 0.5) is 11.4 Å². The second-order valence-corrected chi connectivity index (χ2v) is 11.5. The molecule has 0 unspecified atom stereocenters. The fraction of sp³-hybridized carbons (Fsp3) is 0.471. The molecule has 38 heavy (non-hydrogen) atoms. The van der Waals surface area contributed by atoms with E-state index in [4.69, 9.17) is 9.97 Å². The lowest BCUT2D eigenvalue weighted by atomic mass is 9.92. The molecule has 0 spiro atoms. The Morgan fingerprint density at radius 3 is 1.50 bits per heavy atom. The van der Waals surface area contributed by atoms with Crippen LogP contribution in [0.25, 0.3) is 21.8 Å². The molecule has 2 aliphatic carbocycles. The maximum atomic E-state index is 5.02. The van der Waals surface area contributed by atoms with Crippen LogP contribution in [0.2, 0.25) is 0 Å². The van der Waals surface area contributed by atoms with E-state index in [0.29, 0.717) is 0 Å². The van der Waals surface area contributed by atoms with Crippen LogP contribution in [-0.4, -0.2) is 23.1 Å². The SMILES string of the molecule is Cc1ccc2nc3c(c(NCCCCCCNc4c5c(nc6ccc(C)cc46)CCCC5)c2c1)CCCC3. The summed E-state index contributed by atoms with van der Waals surface area (Å²) in [5.41, 5.74) is 13.2. The molecule has 2 aliphatic rings. The van der Waals surface area contributed by atoms with Crippen molar-refractivity contribution in [2.75, 3.05) is 23.7 Å². The van der Waals surface area contributed by atoms with E-state index in [1.807, 2.05) is 0 Å². The van der Waals surface area contributed by atoms with Gasteiger partial charge in [0, 0.05) is 46.6 Å². The minimum atomic E-state index is 1.04. The van der Waals surface area contributed by atoms with E-state index >= 15 is 0 Å². The molecule has 0 atom stereocenters. The first-order valence-corrected chi connectivity index (χ1v) is 15.0. The topological polar surface area (TPSA) is 49.8 Å². The largest absolute Gasteiger partial charge is 0.384 e. The number of hydrogen-bond acceptors (Lipinski definition) is 4. The molecule has 0 amide bonds. The van der Waals surface area contributed by atoms with Gasteiger partial charge in [0.2, 0.25) is 0 Å². The Hall–Kier alpha value is -3.14. The molecular formula is C34H42N4. The van der Waals surface area contributed by atoms with Crippen molar-refractivity contribution in [2.45, 2.75) is 90.9 Å². The lowest BCUT2D eigenvalue weighted by Crippen LogP contribution is -2.13. The number of aryl methyl sites for hydroxylation is 4. The second-order valence-electron chi connectivity index (χ2n) is 11.5. The van der Waals surface area contributed by atoms with Gasteiger partial charge >= 0.3 is 0 Å². The van der Waals surface area contributed by atoms with Crippen molar-refractivity contribution in [2.24, 2.45) is 0 Å². The molecule has 2 heterocycles. The number of unbranched alkanes of at least 4 members (excludes halogenated alkanes) is 3. The predicted octanol–water partition coefficient (Wildman–Crippen LogP) is 8.24. The fourth-order valence-corrected chi connectivity index (χ4v) is 6.51. The quantitative estimate of drug-likeness (QED) is 0.224. The molecule has 2 aromatic heterocycles. The molecule has 6 rings (SSSR count). The highest BCUT2D eigenvalue weighted by atomic mass is 14.9. The summed E-state index contributed by atoms with van der Waals surface area (Å²) < 4.78 is 0. The monoisotopic (exact) mass is 506 g/mol. The zero-order chi connectivity index (χ0) is 25.9. The Kier molecular flexibility index (Phi) is 7.49. The van der Waals surface area contributed by atoms with E-state index in [-0.39, 0.29) is 0 Å². The predicted molar refractivity (Wildman–Crippen MR) is 162 cm³/mol. The van der Waals surface area contributed by atoms with Crippen molar-refractivity contribution in [3.05, 3.63) is 70.0 Å². The number of hydrogen-bond donors (Lipinski definition) is 2. The molecule has 4 nitrogen and oxygen atoms in total. The third-order valence-electron chi connectivity index (χ3n) is 8.54. The van der Waals surface area contributed by atoms with Gasteiger partial charge in [-0.05, 0) is 113 Å². The molecule has 2 N–H and O–H groups in total. The third kappa shape index (κ3) is 5.23. The first-order chi connectivity index (χ1) is 18.7. The molecule has 2 aromatic carbocycles. The highest BCUT2D eigenvalue weighted by Gasteiger charge is 2.19. The summed E-state index contributed by atoms with van der Waals surface area (Å²) >= 11 is 0. The molecule has 0 radical (unpaired) electrons. The van der Waals surface area contributed by atoms with Crippen molar-refractivity contribution < 1.29 is 0 Å². The molecule has 4 aromatic rings. The number of rotatable bonds is 9. The van der Waals surface area contributed by atoms with Crippen LogP contribution in [0.1, 0.15) is 85.0 Å². The van der Waals surface area contributed by atoms with Gasteiger partial charge in [-0.25, -0.2) is 0 Å². The number of nitrogens with zero attached hydrogens (tertiary/aromatic N) is 2. The second kappa shape index (κ2) is 11.3. The van der Waals surface area contributed by atoms with Crippen molar-refractivity contribution >= 4 is 33.2 Å². The van der Waals surface area contributed by atoms with Gasteiger partial charge in [0.25, 0.3) is 0 Å². The number of pyridine rings is 2. The smallest absolute Gasteiger partial charge is 0.0726 e. The van der Waals surface area contributed by atoms with Gasteiger partial charge in [-0.2, -0.15) is 0 Å². The minimum Gasteiger partial charge on any atom is -0.384 e. The lowest BCUT2D eigenvalue weighted by molar-refractivity contribution is 0.660. The molecule has 4 heteroatoms. The summed E-state index contributed by atoms with van der Waals surface area (Å²) in [6.45, 7) is 6.44. The average Bonchev–Trinajstić information content (AvgIpc) is 2.93. The molecule has 0 bridgehead atoms. The highest BCUT2D eigenvalue weighted by Crippen LogP contribution is 2.35. The number of aromatic nitrogens is 2. The van der Waals surface area contributed by atoms with Crippen LogP contribution >= 0.6 is 0 Å². The van der Waals surface area contributed by atoms with Gasteiger partial charge in [-0.3, -0.25) is 9.97 Å². The molecular weight excluding hydrogens is 464 g/mol. The molecule has 0 saturated heterocycles. The van der Waals surface area contributed by atoms with E-state index in [2.05, 4.69) is 60.9 Å². The summed E-state index contributed by atoms with van der Waals surface area (Å²) in [7, 11) is 0. The van der Waals surface area contributed by atoms with Crippen molar-refractivity contribution in [3.63, 3.8) is 0 Å². The van der Waals surface area contributed by atoms with Gasteiger partial charge < -0.3 is 10.6 Å². The van der Waals surface area contributed by atoms with Crippen LogP contribution in [0.5, 0.6) is 0 Å². The maximum Gasteiger partial charge on any atom is 0.0726 e. The standard InChI is InChI=1S/C34H42N4/c1-23-15-17-31-27(21-23)33(25-11-5-7-13-29(25)37-31)35-19-9-3-4-10-20-36-34-26-12-6-8-14-30(26)38-32-18-16-24(2)22-28(32)34/h15-18,21-22H,3-14,19-20H2,1-2H3,(H,35,37)(H,36,38). The van der Waals surface area contributed by atoms with E-state index in [1.54, 1.807) is 0 Å². The Morgan fingerprint density at radius 2 is 1.03 bits per heavy atom. The molecule has 0 fully saturated rings. The number of benzene rings is 2. The van der Waals surface area contributed by atoms with Gasteiger partial charge in [0.05, 0.1) is 11.0 Å². The molecule has 0 aliphatic heterocycles. The van der Waals surface area contributed by atoms with E-state index in [9.17, 15) is 0 Å². The Bertz CT molecular complexity index is 1340. The summed E-state index contributed by atoms with van der Waals surface area (Å²) in [5.74, 6) is 0. The summed E-state index contributed by atoms with van der Waals surface area (Å²) in [6.07, 6.45) is 14.6. The van der Waals surface area contributed by atoms with Gasteiger partial charge in [-0.1, -0.05) is 36.1 Å². The van der Waals surface area contributed by atoms with Crippen LogP contribution < -0.4 is 10.6 Å². The Morgan fingerprint density at radius 1 is 0.579 bits per heavy atom. The zero-order valence-electron chi connectivity index (χ0n) is 23.3. The summed E-state index contributed by atoms with van der Waals surface area (Å²) in [6, 6.07) is 13.4. The number of nitrogens with one attached hydrogen (secondary N) is 2. The van der Waals surface area contributed by atoms with Crippen LogP contribution in [0.15, 0.2) is 36.4 Å². The third-order valence-corrected chi connectivity index (χ3v) is 8.54. The van der Waals surface area contributed by atoms with Crippen LogP contribution in [0.3, 0.4) is 0 Å². The molecule has 0 saturated carbocycles. The first-order valence-electron chi connectivity index (χ1n) is 15.0. The van der Waals surface area contributed by atoms with E-state index in [1.165, 1.54) is 107 Å². The normalized spacial score (nSPS) is 14.9.